The minimum absolute atomic E-state index is 0.183. The minimum atomic E-state index is -0.183. The molecule has 0 N–H and O–H groups in total. The molecule has 0 unspecified atom stereocenters. The van der Waals surface area contributed by atoms with Gasteiger partial charge in [0.1, 0.15) is 5.82 Å². The van der Waals surface area contributed by atoms with Gasteiger partial charge in [-0.25, -0.2) is 4.39 Å². The number of piperidine rings is 1. The molecule has 1 aliphatic rings. The van der Waals surface area contributed by atoms with E-state index in [1.807, 2.05) is 16.9 Å². The normalized spacial score (nSPS) is 16.8. The number of nitrogens with zero attached hydrogens (tertiary/aromatic N) is 3. The van der Waals surface area contributed by atoms with Crippen LogP contribution in [-0.2, 0) is 24.4 Å². The van der Waals surface area contributed by atoms with Crippen LogP contribution < -0.4 is 0 Å². The second-order valence-electron chi connectivity index (χ2n) is 6.08. The molecule has 0 bridgehead atoms. The zero-order valence-electron chi connectivity index (χ0n) is 13.6. The predicted molar refractivity (Wildman–Crippen MR) is 87.4 cm³/mol. The number of rotatable bonds is 6. The molecule has 23 heavy (non-hydrogen) atoms. The van der Waals surface area contributed by atoms with Gasteiger partial charge in [-0.2, -0.15) is 5.10 Å². The quantitative estimate of drug-likeness (QED) is 0.819. The summed E-state index contributed by atoms with van der Waals surface area (Å²) in [5.74, 6) is -0.183. The van der Waals surface area contributed by atoms with Crippen molar-refractivity contribution in [2.24, 2.45) is 0 Å². The van der Waals surface area contributed by atoms with E-state index in [2.05, 4.69) is 23.1 Å². The summed E-state index contributed by atoms with van der Waals surface area (Å²) in [5, 5.41) is 4.32. The molecular weight excluding hydrogens is 293 g/mol. The largest absolute Gasteiger partial charge is 0.373 e. The van der Waals surface area contributed by atoms with Gasteiger partial charge in [0, 0.05) is 43.5 Å². The van der Waals surface area contributed by atoms with Crippen LogP contribution in [0.4, 0.5) is 4.39 Å². The molecule has 1 fully saturated rings. The molecule has 0 aliphatic carbocycles. The number of benzene rings is 1. The summed E-state index contributed by atoms with van der Waals surface area (Å²) >= 11 is 0. The number of aromatic nitrogens is 2. The van der Waals surface area contributed by atoms with Gasteiger partial charge >= 0.3 is 0 Å². The number of hydrogen-bond acceptors (Lipinski definition) is 3. The van der Waals surface area contributed by atoms with Crippen LogP contribution in [0.1, 0.15) is 30.9 Å². The van der Waals surface area contributed by atoms with Crippen LogP contribution in [0.15, 0.2) is 36.7 Å². The van der Waals surface area contributed by atoms with Crippen molar-refractivity contribution >= 4 is 0 Å². The number of likely N-dealkylation sites (tertiary alicyclic amines) is 1. The Bertz CT molecular complexity index is 620. The molecule has 0 amide bonds. The highest BCUT2D eigenvalue weighted by Crippen LogP contribution is 2.18. The van der Waals surface area contributed by atoms with E-state index in [1.54, 1.807) is 12.1 Å². The first-order valence-corrected chi connectivity index (χ1v) is 8.33. The van der Waals surface area contributed by atoms with E-state index in [4.69, 9.17) is 4.74 Å². The third-order valence-corrected chi connectivity index (χ3v) is 4.38. The Morgan fingerprint density at radius 3 is 2.74 bits per heavy atom. The van der Waals surface area contributed by atoms with Gasteiger partial charge in [0.05, 0.1) is 18.9 Å². The van der Waals surface area contributed by atoms with Gasteiger partial charge < -0.3 is 4.74 Å². The minimum Gasteiger partial charge on any atom is -0.373 e. The first kappa shape index (κ1) is 16.1. The van der Waals surface area contributed by atoms with Crippen LogP contribution in [0.25, 0.3) is 0 Å². The van der Waals surface area contributed by atoms with Gasteiger partial charge in [-0.15, -0.1) is 0 Å². The average Bonchev–Trinajstić information content (AvgIpc) is 3.03. The molecule has 124 valence electrons. The highest BCUT2D eigenvalue weighted by atomic mass is 19.1. The van der Waals surface area contributed by atoms with Gasteiger partial charge in [0.15, 0.2) is 0 Å². The fraction of sp³-hybridized carbons (Fsp3) is 0.500. The van der Waals surface area contributed by atoms with Gasteiger partial charge in [-0.05, 0) is 25.8 Å². The van der Waals surface area contributed by atoms with Crippen LogP contribution in [0.5, 0.6) is 0 Å². The Labute approximate surface area is 136 Å². The van der Waals surface area contributed by atoms with Gasteiger partial charge in [-0.1, -0.05) is 18.2 Å². The fourth-order valence-electron chi connectivity index (χ4n) is 2.98. The fourth-order valence-corrected chi connectivity index (χ4v) is 2.98. The van der Waals surface area contributed by atoms with Crippen molar-refractivity contribution in [3.63, 3.8) is 0 Å². The summed E-state index contributed by atoms with van der Waals surface area (Å²) in [5.41, 5.74) is 1.90. The van der Waals surface area contributed by atoms with Crippen LogP contribution in [0.3, 0.4) is 0 Å². The maximum Gasteiger partial charge on any atom is 0.128 e. The lowest BCUT2D eigenvalue weighted by Gasteiger charge is -2.31. The van der Waals surface area contributed by atoms with Crippen molar-refractivity contribution in [2.45, 2.75) is 45.6 Å². The number of halogens is 1. The van der Waals surface area contributed by atoms with Crippen molar-refractivity contribution in [3.8, 4) is 0 Å². The Kier molecular flexibility index (Phi) is 5.41. The molecular formula is C18H24FN3O. The lowest BCUT2D eigenvalue weighted by molar-refractivity contribution is -0.00494. The van der Waals surface area contributed by atoms with E-state index >= 15 is 0 Å². The second kappa shape index (κ2) is 7.70. The highest BCUT2D eigenvalue weighted by molar-refractivity contribution is 5.16. The number of ether oxygens (including phenoxy) is 1. The zero-order chi connectivity index (χ0) is 16.1. The summed E-state index contributed by atoms with van der Waals surface area (Å²) in [4.78, 5) is 2.43. The van der Waals surface area contributed by atoms with Crippen molar-refractivity contribution < 1.29 is 9.13 Å². The summed E-state index contributed by atoms with van der Waals surface area (Å²) in [6, 6.07) is 6.83. The maximum atomic E-state index is 13.6. The van der Waals surface area contributed by atoms with E-state index in [1.165, 1.54) is 11.6 Å². The zero-order valence-corrected chi connectivity index (χ0v) is 13.6. The molecule has 3 rings (SSSR count). The van der Waals surface area contributed by atoms with Crippen LogP contribution in [0.2, 0.25) is 0 Å². The van der Waals surface area contributed by atoms with Gasteiger partial charge in [-0.3, -0.25) is 9.58 Å². The van der Waals surface area contributed by atoms with Crippen molar-refractivity contribution in [2.75, 3.05) is 13.1 Å². The van der Waals surface area contributed by atoms with Crippen molar-refractivity contribution in [1.82, 2.24) is 14.7 Å². The first-order chi connectivity index (χ1) is 11.2. The Balaban J connectivity index is 1.42. The third-order valence-electron chi connectivity index (χ3n) is 4.38. The third kappa shape index (κ3) is 4.39. The Morgan fingerprint density at radius 1 is 1.26 bits per heavy atom. The topological polar surface area (TPSA) is 30.3 Å². The highest BCUT2D eigenvalue weighted by Gasteiger charge is 2.20. The second-order valence-corrected chi connectivity index (χ2v) is 6.08. The molecule has 1 saturated heterocycles. The number of hydrogen-bond donors (Lipinski definition) is 0. The van der Waals surface area contributed by atoms with Crippen molar-refractivity contribution in [3.05, 3.63) is 53.6 Å². The molecule has 2 heterocycles. The molecule has 0 radical (unpaired) electrons. The Hall–Kier alpha value is -1.72. The lowest BCUT2D eigenvalue weighted by atomic mass is 10.1. The molecule has 0 saturated carbocycles. The molecule has 1 aromatic carbocycles. The monoisotopic (exact) mass is 317 g/mol. The molecule has 5 heteroatoms. The first-order valence-electron chi connectivity index (χ1n) is 8.33. The predicted octanol–water partition coefficient (Wildman–Crippen LogP) is 3.22. The van der Waals surface area contributed by atoms with Gasteiger partial charge in [0.2, 0.25) is 0 Å². The van der Waals surface area contributed by atoms with E-state index < -0.39 is 0 Å². The Morgan fingerprint density at radius 2 is 2.04 bits per heavy atom. The van der Waals surface area contributed by atoms with E-state index in [0.717, 1.165) is 39.0 Å². The average molecular weight is 317 g/mol. The lowest BCUT2D eigenvalue weighted by Crippen LogP contribution is -2.36. The maximum absolute atomic E-state index is 13.6. The molecule has 1 aliphatic heterocycles. The molecule has 1 aromatic heterocycles. The molecule has 0 atom stereocenters. The van der Waals surface area contributed by atoms with Crippen LogP contribution in [-0.4, -0.2) is 33.9 Å². The standard InChI is InChI=1S/C18H24FN3O/c1-2-22-13-15(11-20-22)12-21-9-7-17(8-10-21)23-14-16-5-3-4-6-18(16)19/h3-6,11,13,17H,2,7-10,12,14H2,1H3. The molecule has 0 spiro atoms. The van der Waals surface area contributed by atoms with Gasteiger partial charge in [0.25, 0.3) is 0 Å². The summed E-state index contributed by atoms with van der Waals surface area (Å²) in [6.45, 7) is 6.33. The van der Waals surface area contributed by atoms with E-state index in [9.17, 15) is 4.39 Å². The smallest absolute Gasteiger partial charge is 0.128 e. The number of aryl methyl sites for hydroxylation is 1. The van der Waals surface area contributed by atoms with E-state index in [0.29, 0.717) is 12.2 Å². The molecule has 4 nitrogen and oxygen atoms in total. The van der Waals surface area contributed by atoms with E-state index in [-0.39, 0.29) is 11.9 Å². The van der Waals surface area contributed by atoms with Crippen LogP contribution >= 0.6 is 0 Å². The van der Waals surface area contributed by atoms with Crippen LogP contribution in [0, 0.1) is 5.82 Å². The summed E-state index contributed by atoms with van der Waals surface area (Å²) in [7, 11) is 0. The van der Waals surface area contributed by atoms with Crippen molar-refractivity contribution in [1.29, 1.82) is 0 Å². The summed E-state index contributed by atoms with van der Waals surface area (Å²) in [6.07, 6.45) is 6.28. The molecule has 2 aromatic rings. The summed E-state index contributed by atoms with van der Waals surface area (Å²) < 4.78 is 21.4. The SMILES string of the molecule is CCn1cc(CN2CCC(OCc3ccccc3F)CC2)cn1.